The van der Waals surface area contributed by atoms with E-state index in [1.54, 1.807) is 0 Å². The Bertz CT molecular complexity index is 1190. The molecule has 0 aromatic carbocycles. The van der Waals surface area contributed by atoms with Gasteiger partial charge in [-0.05, 0) is 51.4 Å². The van der Waals surface area contributed by atoms with Crippen LogP contribution in [0.4, 0.5) is 0 Å². The minimum absolute atomic E-state index is 0.0694. The first-order valence-corrected chi connectivity index (χ1v) is 33.3. The van der Waals surface area contributed by atoms with Crippen LogP contribution in [-0.4, -0.2) is 37.2 Å². The van der Waals surface area contributed by atoms with E-state index in [1.807, 2.05) is 0 Å². The largest absolute Gasteiger partial charge is 0.462 e. The summed E-state index contributed by atoms with van der Waals surface area (Å²) in [5, 5.41) is 0. The zero-order chi connectivity index (χ0) is 53.6. The van der Waals surface area contributed by atoms with Gasteiger partial charge in [0.1, 0.15) is 13.2 Å². The predicted octanol–water partition coefficient (Wildman–Crippen LogP) is 22.6. The van der Waals surface area contributed by atoms with Crippen LogP contribution in [0.15, 0.2) is 24.3 Å². The average Bonchev–Trinajstić information content (AvgIpc) is 3.40. The number of hydrogen-bond donors (Lipinski definition) is 0. The van der Waals surface area contributed by atoms with Crippen molar-refractivity contribution < 1.29 is 28.6 Å². The highest BCUT2D eigenvalue weighted by Crippen LogP contribution is 2.18. The number of carbonyl (C=O) groups excluding carboxylic acids is 3. The summed E-state index contributed by atoms with van der Waals surface area (Å²) in [7, 11) is 0. The Hall–Kier alpha value is -2.11. The predicted molar refractivity (Wildman–Crippen MR) is 321 cm³/mol. The number of hydrogen-bond acceptors (Lipinski definition) is 6. The van der Waals surface area contributed by atoms with Crippen molar-refractivity contribution in [2.75, 3.05) is 13.2 Å². The molecule has 0 aromatic heterocycles. The zero-order valence-corrected chi connectivity index (χ0v) is 50.1. The van der Waals surface area contributed by atoms with E-state index in [1.165, 1.54) is 257 Å². The van der Waals surface area contributed by atoms with Gasteiger partial charge in [-0.15, -0.1) is 0 Å². The molecule has 0 aliphatic carbocycles. The second-order valence-corrected chi connectivity index (χ2v) is 22.7. The summed E-state index contributed by atoms with van der Waals surface area (Å²) in [6.45, 7) is 6.69. The van der Waals surface area contributed by atoms with Crippen molar-refractivity contribution >= 4 is 17.9 Å². The summed E-state index contributed by atoms with van der Waals surface area (Å²) >= 11 is 0. The normalized spacial score (nSPS) is 12.1. The maximum atomic E-state index is 12.9. The molecule has 0 spiro atoms. The van der Waals surface area contributed by atoms with Crippen molar-refractivity contribution in [1.82, 2.24) is 0 Å². The standard InChI is InChI=1S/C68H128O6/c1-4-7-10-13-16-19-22-25-28-31-33-35-37-40-43-46-49-52-55-58-61-67(70)73-64-65(63-72-66(69)60-57-54-51-48-45-42-39-30-27-24-21-18-15-12-9-6-3)74-68(71)62-59-56-53-50-47-44-41-38-36-34-32-29-26-23-20-17-14-11-8-5-2/h21,24,30,39,65H,4-20,22-23,25-29,31-38,40-64H2,1-3H3/b24-21-,39-30-. The van der Waals surface area contributed by atoms with Gasteiger partial charge in [-0.1, -0.05) is 328 Å². The number of esters is 3. The van der Waals surface area contributed by atoms with Gasteiger partial charge in [0.25, 0.3) is 0 Å². The van der Waals surface area contributed by atoms with E-state index in [2.05, 4.69) is 45.1 Å². The van der Waals surface area contributed by atoms with Crippen LogP contribution in [0.25, 0.3) is 0 Å². The maximum Gasteiger partial charge on any atom is 0.306 e. The van der Waals surface area contributed by atoms with Crippen LogP contribution in [0.2, 0.25) is 0 Å². The second kappa shape index (κ2) is 63.4. The molecule has 436 valence electrons. The lowest BCUT2D eigenvalue weighted by molar-refractivity contribution is -0.167. The Balaban J connectivity index is 4.31. The van der Waals surface area contributed by atoms with E-state index in [0.717, 1.165) is 77.0 Å². The molecule has 6 nitrogen and oxygen atoms in total. The van der Waals surface area contributed by atoms with E-state index in [-0.39, 0.29) is 31.1 Å². The van der Waals surface area contributed by atoms with Gasteiger partial charge in [0.05, 0.1) is 0 Å². The van der Waals surface area contributed by atoms with E-state index >= 15 is 0 Å². The monoisotopic (exact) mass is 1040 g/mol. The van der Waals surface area contributed by atoms with Gasteiger partial charge in [-0.2, -0.15) is 0 Å². The third-order valence-electron chi connectivity index (χ3n) is 15.2. The van der Waals surface area contributed by atoms with Crippen LogP contribution in [-0.2, 0) is 28.6 Å². The van der Waals surface area contributed by atoms with Crippen LogP contribution in [0, 0.1) is 0 Å². The summed E-state index contributed by atoms with van der Waals surface area (Å²) in [4.78, 5) is 38.4. The van der Waals surface area contributed by atoms with E-state index in [4.69, 9.17) is 14.2 Å². The van der Waals surface area contributed by atoms with Crippen molar-refractivity contribution in [2.45, 2.75) is 380 Å². The molecule has 0 saturated heterocycles. The molecule has 0 heterocycles. The first-order valence-electron chi connectivity index (χ1n) is 33.3. The van der Waals surface area contributed by atoms with Gasteiger partial charge in [0.15, 0.2) is 6.10 Å². The van der Waals surface area contributed by atoms with E-state index < -0.39 is 6.10 Å². The molecule has 0 radical (unpaired) electrons. The highest BCUT2D eigenvalue weighted by Gasteiger charge is 2.19. The third-order valence-corrected chi connectivity index (χ3v) is 15.2. The van der Waals surface area contributed by atoms with Crippen molar-refractivity contribution in [1.29, 1.82) is 0 Å². The second-order valence-electron chi connectivity index (χ2n) is 22.7. The van der Waals surface area contributed by atoms with Crippen LogP contribution in [0.1, 0.15) is 374 Å². The summed E-state index contributed by atoms with van der Waals surface area (Å²) in [5.41, 5.74) is 0. The summed E-state index contributed by atoms with van der Waals surface area (Å²) in [6.07, 6.45) is 76.2. The van der Waals surface area contributed by atoms with Crippen LogP contribution in [0.5, 0.6) is 0 Å². The molecule has 6 heteroatoms. The molecule has 0 rings (SSSR count). The summed E-state index contributed by atoms with van der Waals surface area (Å²) in [6, 6.07) is 0. The smallest absolute Gasteiger partial charge is 0.306 e. The fraction of sp³-hybridized carbons (Fsp3) is 0.897. The number of ether oxygens (including phenoxy) is 3. The zero-order valence-electron chi connectivity index (χ0n) is 50.1. The SMILES string of the molecule is CCCCCC/C=C\C/C=C\CCCCCCCC(=O)OCC(COC(=O)CCCCCCCCCCCCCCCCCCCCCC)OC(=O)CCCCCCCCCCCCCCCCCCCCCC. The molecule has 0 aliphatic heterocycles. The Morgan fingerprint density at radius 2 is 0.486 bits per heavy atom. The molecule has 0 amide bonds. The molecule has 0 saturated carbocycles. The third kappa shape index (κ3) is 60.8. The summed E-state index contributed by atoms with van der Waals surface area (Å²) < 4.78 is 17.0. The quantitative estimate of drug-likeness (QED) is 0.0261. The van der Waals surface area contributed by atoms with Crippen LogP contribution in [0.3, 0.4) is 0 Å². The minimum atomic E-state index is -0.773. The maximum absolute atomic E-state index is 12.9. The molecule has 1 unspecified atom stereocenters. The lowest BCUT2D eigenvalue weighted by atomic mass is 10.0. The molecule has 0 bridgehead atoms. The van der Waals surface area contributed by atoms with E-state index in [9.17, 15) is 14.4 Å². The molecular weight excluding hydrogens is 913 g/mol. The minimum Gasteiger partial charge on any atom is -0.462 e. The Morgan fingerprint density at radius 3 is 0.757 bits per heavy atom. The summed E-state index contributed by atoms with van der Waals surface area (Å²) in [5.74, 6) is -0.853. The fourth-order valence-corrected chi connectivity index (χ4v) is 10.2. The van der Waals surface area contributed by atoms with Crippen LogP contribution < -0.4 is 0 Å². The van der Waals surface area contributed by atoms with Gasteiger partial charge in [0.2, 0.25) is 0 Å². The Morgan fingerprint density at radius 1 is 0.270 bits per heavy atom. The molecule has 0 aliphatic rings. The van der Waals surface area contributed by atoms with Crippen molar-refractivity contribution in [3.63, 3.8) is 0 Å². The molecule has 1 atom stereocenters. The van der Waals surface area contributed by atoms with E-state index in [0.29, 0.717) is 19.3 Å². The first-order chi connectivity index (χ1) is 36.5. The average molecular weight is 1040 g/mol. The molecule has 0 N–H and O–H groups in total. The Kier molecular flexibility index (Phi) is 61.6. The topological polar surface area (TPSA) is 78.9 Å². The first kappa shape index (κ1) is 71.9. The molecule has 0 aromatic rings. The van der Waals surface area contributed by atoms with Gasteiger partial charge in [-0.25, -0.2) is 0 Å². The molecular formula is C68H128O6. The lowest BCUT2D eigenvalue weighted by Crippen LogP contribution is -2.30. The lowest BCUT2D eigenvalue weighted by Gasteiger charge is -2.18. The Labute approximate surface area is 462 Å². The number of rotatable bonds is 62. The molecule has 0 fully saturated rings. The fourth-order valence-electron chi connectivity index (χ4n) is 10.2. The highest BCUT2D eigenvalue weighted by molar-refractivity contribution is 5.71. The number of unbranched alkanes of at least 4 members (excludes halogenated alkanes) is 47. The van der Waals surface area contributed by atoms with Crippen molar-refractivity contribution in [3.8, 4) is 0 Å². The number of carbonyl (C=O) groups is 3. The van der Waals surface area contributed by atoms with Gasteiger partial charge < -0.3 is 14.2 Å². The van der Waals surface area contributed by atoms with Crippen molar-refractivity contribution in [2.24, 2.45) is 0 Å². The highest BCUT2D eigenvalue weighted by atomic mass is 16.6. The molecule has 74 heavy (non-hydrogen) atoms. The van der Waals surface area contributed by atoms with Gasteiger partial charge >= 0.3 is 17.9 Å². The van der Waals surface area contributed by atoms with Crippen LogP contribution >= 0.6 is 0 Å². The van der Waals surface area contributed by atoms with Gasteiger partial charge in [-0.3, -0.25) is 14.4 Å². The number of allylic oxidation sites excluding steroid dienone is 4. The van der Waals surface area contributed by atoms with Crippen molar-refractivity contribution in [3.05, 3.63) is 24.3 Å². The van der Waals surface area contributed by atoms with Gasteiger partial charge in [0, 0.05) is 19.3 Å².